The third-order valence-corrected chi connectivity index (χ3v) is 2.71. The van der Waals surface area contributed by atoms with Crippen molar-refractivity contribution in [1.82, 2.24) is 0 Å². The number of alkyl halides is 6. The molecule has 0 aromatic carbocycles. The van der Waals surface area contributed by atoms with Crippen molar-refractivity contribution in [1.29, 1.82) is 0 Å². The van der Waals surface area contributed by atoms with Crippen LogP contribution in [-0.2, 0) is 0 Å². The first-order chi connectivity index (χ1) is 7.89. The third-order valence-electron chi connectivity index (χ3n) is 2.71. The van der Waals surface area contributed by atoms with E-state index in [1.165, 1.54) is 0 Å². The molecule has 0 heterocycles. The van der Waals surface area contributed by atoms with E-state index in [9.17, 15) is 31.4 Å². The maximum Gasteiger partial charge on any atom is 0.421 e. The monoisotopic (exact) mass is 276 g/mol. The molecular formula is C9H10F6N2O. The normalized spacial score (nSPS) is 26.9. The Morgan fingerprint density at radius 2 is 1.50 bits per heavy atom. The van der Waals surface area contributed by atoms with E-state index >= 15 is 0 Å². The Bertz CT molecular complexity index is 420. The minimum absolute atomic E-state index is 0.962. The summed E-state index contributed by atoms with van der Waals surface area (Å²) in [5, 5.41) is 9.30. The van der Waals surface area contributed by atoms with Crippen molar-refractivity contribution < 1.29 is 31.4 Å². The average molecular weight is 276 g/mol. The van der Waals surface area contributed by atoms with E-state index < -0.39 is 46.9 Å². The van der Waals surface area contributed by atoms with Crippen LogP contribution in [0.4, 0.5) is 26.3 Å². The summed E-state index contributed by atoms with van der Waals surface area (Å²) in [4.78, 5) is 0. The second-order valence-electron chi connectivity index (χ2n) is 3.90. The van der Waals surface area contributed by atoms with Gasteiger partial charge in [-0.2, -0.15) is 26.3 Å². The maximum atomic E-state index is 12.6. The molecule has 9 heteroatoms. The molecule has 1 aliphatic carbocycles. The molecule has 2 unspecified atom stereocenters. The molecule has 0 aromatic rings. The summed E-state index contributed by atoms with van der Waals surface area (Å²) in [6.45, 7) is 0.962. The molecule has 0 aliphatic heterocycles. The molecule has 18 heavy (non-hydrogen) atoms. The number of hydrogen-bond acceptors (Lipinski definition) is 3. The zero-order chi connectivity index (χ0) is 14.5. The Morgan fingerprint density at radius 1 is 1.06 bits per heavy atom. The minimum Gasteiger partial charge on any atom is -0.511 e. The summed E-state index contributed by atoms with van der Waals surface area (Å²) in [5.41, 5.74) is 4.95. The molecule has 1 rings (SSSR count). The van der Waals surface area contributed by atoms with Crippen molar-refractivity contribution in [2.24, 2.45) is 17.4 Å². The van der Waals surface area contributed by atoms with Gasteiger partial charge in [0.1, 0.15) is 11.3 Å². The van der Waals surface area contributed by atoms with E-state index in [0.29, 0.717) is 0 Å². The summed E-state index contributed by atoms with van der Waals surface area (Å²) < 4.78 is 75.5. The molecular weight excluding hydrogens is 266 g/mol. The molecule has 0 radical (unpaired) electrons. The first kappa shape index (κ1) is 14.7. The van der Waals surface area contributed by atoms with Gasteiger partial charge in [-0.25, -0.2) is 0 Å². The van der Waals surface area contributed by atoms with E-state index in [4.69, 9.17) is 11.5 Å². The van der Waals surface area contributed by atoms with Crippen LogP contribution in [-0.4, -0.2) is 23.5 Å². The number of hydrogen-bond donors (Lipinski definition) is 3. The lowest BCUT2D eigenvalue weighted by Gasteiger charge is -2.32. The van der Waals surface area contributed by atoms with Gasteiger partial charge in [0, 0.05) is 12.0 Å². The van der Waals surface area contributed by atoms with Crippen LogP contribution in [0.1, 0.15) is 6.92 Å². The van der Waals surface area contributed by atoms with Gasteiger partial charge < -0.3 is 16.6 Å². The number of halogens is 6. The fraction of sp³-hybridized carbons (Fsp3) is 0.556. The van der Waals surface area contributed by atoms with Gasteiger partial charge in [0.25, 0.3) is 0 Å². The fourth-order valence-corrected chi connectivity index (χ4v) is 1.74. The molecule has 0 spiro atoms. The molecule has 5 N–H and O–H groups in total. The predicted molar refractivity (Wildman–Crippen MR) is 50.1 cm³/mol. The SMILES string of the molecule is CC1C(O)=C(C(F)(F)F)C(N)=C(C(F)(F)F)C1N. The first-order valence-electron chi connectivity index (χ1n) is 4.72. The van der Waals surface area contributed by atoms with Crippen molar-refractivity contribution in [2.75, 3.05) is 0 Å². The molecule has 3 nitrogen and oxygen atoms in total. The number of nitrogens with two attached hydrogens (primary N) is 2. The highest BCUT2D eigenvalue weighted by molar-refractivity contribution is 5.46. The first-order valence-corrected chi connectivity index (χ1v) is 4.72. The lowest BCUT2D eigenvalue weighted by atomic mass is 9.82. The Hall–Kier alpha value is -1.38. The van der Waals surface area contributed by atoms with E-state index in [0.717, 1.165) is 6.92 Å². The van der Waals surface area contributed by atoms with Gasteiger partial charge in [-0.1, -0.05) is 6.92 Å². The van der Waals surface area contributed by atoms with Crippen LogP contribution in [0.5, 0.6) is 0 Å². The summed E-state index contributed by atoms with van der Waals surface area (Å²) in [5.74, 6) is -2.80. The summed E-state index contributed by atoms with van der Waals surface area (Å²) >= 11 is 0. The van der Waals surface area contributed by atoms with Crippen LogP contribution >= 0.6 is 0 Å². The molecule has 104 valence electrons. The summed E-state index contributed by atoms with van der Waals surface area (Å²) in [6, 6.07) is -1.84. The second-order valence-corrected chi connectivity index (χ2v) is 3.90. The zero-order valence-corrected chi connectivity index (χ0v) is 9.02. The smallest absolute Gasteiger partial charge is 0.421 e. The molecule has 0 fully saturated rings. The highest BCUT2D eigenvalue weighted by Gasteiger charge is 2.51. The molecule has 0 saturated carbocycles. The third kappa shape index (κ3) is 2.26. The summed E-state index contributed by atoms with van der Waals surface area (Å²) in [6.07, 6.45) is -10.3. The number of rotatable bonds is 0. The summed E-state index contributed by atoms with van der Waals surface area (Å²) in [7, 11) is 0. The van der Waals surface area contributed by atoms with Crippen LogP contribution in [0.25, 0.3) is 0 Å². The highest BCUT2D eigenvalue weighted by Crippen LogP contribution is 2.44. The lowest BCUT2D eigenvalue weighted by molar-refractivity contribution is -0.106. The molecule has 0 bridgehead atoms. The molecule has 2 atom stereocenters. The number of aliphatic hydroxyl groups is 1. The topological polar surface area (TPSA) is 72.3 Å². The quantitative estimate of drug-likeness (QED) is 0.593. The van der Waals surface area contributed by atoms with E-state index in [1.54, 1.807) is 0 Å². The molecule has 0 amide bonds. The van der Waals surface area contributed by atoms with Gasteiger partial charge in [-0.05, 0) is 0 Å². The van der Waals surface area contributed by atoms with Crippen molar-refractivity contribution in [2.45, 2.75) is 25.3 Å². The highest BCUT2D eigenvalue weighted by atomic mass is 19.4. The van der Waals surface area contributed by atoms with Crippen LogP contribution in [0, 0.1) is 5.92 Å². The largest absolute Gasteiger partial charge is 0.511 e. The molecule has 1 aliphatic rings. The van der Waals surface area contributed by atoms with E-state index in [-0.39, 0.29) is 0 Å². The van der Waals surface area contributed by atoms with Crippen LogP contribution in [0.3, 0.4) is 0 Å². The number of allylic oxidation sites excluding steroid dienone is 1. The van der Waals surface area contributed by atoms with Crippen LogP contribution in [0.15, 0.2) is 22.6 Å². The van der Waals surface area contributed by atoms with Gasteiger partial charge in [-0.15, -0.1) is 0 Å². The maximum absolute atomic E-state index is 12.6. The van der Waals surface area contributed by atoms with Gasteiger partial charge >= 0.3 is 12.4 Å². The van der Waals surface area contributed by atoms with Crippen molar-refractivity contribution in [3.05, 3.63) is 22.6 Å². The molecule has 0 aromatic heterocycles. The average Bonchev–Trinajstić information content (AvgIpc) is 2.09. The Balaban J connectivity index is 3.55. The number of aliphatic hydroxyl groups excluding tert-OH is 1. The predicted octanol–water partition coefficient (Wildman–Crippen LogP) is 2.11. The van der Waals surface area contributed by atoms with Gasteiger partial charge in [0.15, 0.2) is 0 Å². The van der Waals surface area contributed by atoms with Crippen LogP contribution < -0.4 is 11.5 Å². The minimum atomic E-state index is -5.18. The lowest BCUT2D eigenvalue weighted by Crippen LogP contribution is -2.44. The van der Waals surface area contributed by atoms with E-state index in [1.807, 2.05) is 0 Å². The standard InChI is InChI=1S/C9H10F6N2O/c1-2-5(16)3(8(10,11)12)6(17)4(7(2)18)9(13,14)15/h2,5,18H,16-17H2,1H3. The Morgan fingerprint density at radius 3 is 1.83 bits per heavy atom. The van der Waals surface area contributed by atoms with Gasteiger partial charge in [0.2, 0.25) is 0 Å². The van der Waals surface area contributed by atoms with Gasteiger partial charge in [0.05, 0.1) is 11.3 Å². The van der Waals surface area contributed by atoms with Gasteiger partial charge in [-0.3, -0.25) is 0 Å². The second kappa shape index (κ2) is 4.08. The van der Waals surface area contributed by atoms with Crippen molar-refractivity contribution in [3.8, 4) is 0 Å². The van der Waals surface area contributed by atoms with Crippen molar-refractivity contribution >= 4 is 0 Å². The van der Waals surface area contributed by atoms with Crippen LogP contribution in [0.2, 0.25) is 0 Å². The fourth-order valence-electron chi connectivity index (χ4n) is 1.74. The van der Waals surface area contributed by atoms with E-state index in [2.05, 4.69) is 0 Å². The molecule has 0 saturated heterocycles. The zero-order valence-electron chi connectivity index (χ0n) is 9.02. The Kier molecular flexibility index (Phi) is 3.32. The Labute approximate surface area is 97.7 Å². The van der Waals surface area contributed by atoms with Crippen molar-refractivity contribution in [3.63, 3.8) is 0 Å².